The topological polar surface area (TPSA) is 41.9 Å². The molecule has 1 fully saturated rings. The van der Waals surface area contributed by atoms with Gasteiger partial charge >= 0.3 is 0 Å². The van der Waals surface area contributed by atoms with Gasteiger partial charge in [-0.1, -0.05) is 48.0 Å². The molecule has 3 rings (SSSR count). The molecule has 2 aromatic rings. The van der Waals surface area contributed by atoms with Gasteiger partial charge < -0.3 is 14.6 Å². The molecule has 1 aliphatic rings. The van der Waals surface area contributed by atoms with Crippen LogP contribution in [0.5, 0.6) is 5.75 Å². The average Bonchev–Trinajstić information content (AvgIpc) is 3.14. The Bertz CT molecular complexity index is 655. The second kappa shape index (κ2) is 9.72. The molecule has 0 amide bonds. The summed E-state index contributed by atoms with van der Waals surface area (Å²) >= 11 is 0. The number of hydrogen-bond donors (Lipinski definition) is 1. The van der Waals surface area contributed by atoms with Crippen molar-refractivity contribution in [1.29, 1.82) is 0 Å². The van der Waals surface area contributed by atoms with Crippen LogP contribution in [0.3, 0.4) is 0 Å². The highest BCUT2D eigenvalue weighted by Crippen LogP contribution is 2.16. The van der Waals surface area contributed by atoms with Gasteiger partial charge in [-0.25, -0.2) is 0 Å². The van der Waals surface area contributed by atoms with Crippen molar-refractivity contribution in [2.24, 2.45) is 0 Å². The van der Waals surface area contributed by atoms with Crippen LogP contribution < -0.4 is 4.74 Å². The molecule has 2 atom stereocenters. The van der Waals surface area contributed by atoms with Crippen molar-refractivity contribution in [3.05, 3.63) is 65.7 Å². The largest absolute Gasteiger partial charge is 0.491 e. The lowest BCUT2D eigenvalue weighted by atomic mass is 10.1. The summed E-state index contributed by atoms with van der Waals surface area (Å²) in [5.74, 6) is 0.788. The minimum atomic E-state index is -0.540. The van der Waals surface area contributed by atoms with E-state index in [0.29, 0.717) is 13.2 Å². The zero-order chi connectivity index (χ0) is 18.2. The van der Waals surface area contributed by atoms with Crippen LogP contribution in [0.2, 0.25) is 0 Å². The Kier molecular flexibility index (Phi) is 7.06. The first-order valence-corrected chi connectivity index (χ1v) is 9.44. The second-order valence-electron chi connectivity index (χ2n) is 7.10. The van der Waals surface area contributed by atoms with Crippen LogP contribution in [0, 0.1) is 6.92 Å². The number of rotatable bonds is 9. The first kappa shape index (κ1) is 18.9. The van der Waals surface area contributed by atoms with Crippen LogP contribution in [-0.4, -0.2) is 48.5 Å². The molecule has 4 heteroatoms. The smallest absolute Gasteiger partial charge is 0.119 e. The van der Waals surface area contributed by atoms with Crippen LogP contribution in [0.1, 0.15) is 24.0 Å². The number of aryl methyl sites for hydroxylation is 1. The normalized spacial score (nSPS) is 18.2. The van der Waals surface area contributed by atoms with E-state index >= 15 is 0 Å². The molecule has 0 radical (unpaired) electrons. The molecule has 2 aromatic carbocycles. The molecule has 140 valence electrons. The van der Waals surface area contributed by atoms with Crippen LogP contribution in [0.15, 0.2) is 54.6 Å². The Labute approximate surface area is 156 Å². The standard InChI is InChI=1S/C22H29NO3/c1-18-7-5-8-19(13-18)14-23(16-22-11-6-12-25-22)15-20(24)17-26-21-9-3-2-4-10-21/h2-5,7-10,13,20,22,24H,6,11-12,14-17H2,1H3/t20-,22-/m0/s1. The lowest BCUT2D eigenvalue weighted by Crippen LogP contribution is -2.39. The zero-order valence-corrected chi connectivity index (χ0v) is 15.5. The lowest BCUT2D eigenvalue weighted by molar-refractivity contribution is 0.0313. The molecule has 0 spiro atoms. The molecule has 26 heavy (non-hydrogen) atoms. The summed E-state index contributed by atoms with van der Waals surface area (Å²) in [6.07, 6.45) is 1.95. The molecular formula is C22H29NO3. The van der Waals surface area contributed by atoms with E-state index in [0.717, 1.165) is 38.3 Å². The number of para-hydroxylation sites is 1. The number of benzene rings is 2. The van der Waals surface area contributed by atoms with Crippen molar-refractivity contribution in [1.82, 2.24) is 4.90 Å². The average molecular weight is 355 g/mol. The summed E-state index contributed by atoms with van der Waals surface area (Å²) in [6.45, 7) is 5.47. The van der Waals surface area contributed by atoms with Crippen molar-refractivity contribution in [2.45, 2.75) is 38.5 Å². The maximum atomic E-state index is 10.5. The summed E-state index contributed by atoms with van der Waals surface area (Å²) in [4.78, 5) is 2.28. The Balaban J connectivity index is 1.56. The quantitative estimate of drug-likeness (QED) is 0.748. The van der Waals surface area contributed by atoms with Gasteiger partial charge in [0.25, 0.3) is 0 Å². The number of nitrogens with zero attached hydrogens (tertiary/aromatic N) is 1. The van der Waals surface area contributed by atoms with Crippen LogP contribution in [-0.2, 0) is 11.3 Å². The second-order valence-corrected chi connectivity index (χ2v) is 7.10. The fraction of sp³-hybridized carbons (Fsp3) is 0.455. The van der Waals surface area contributed by atoms with E-state index in [1.807, 2.05) is 30.3 Å². The Hall–Kier alpha value is -1.88. The van der Waals surface area contributed by atoms with E-state index < -0.39 is 6.10 Å². The molecule has 1 saturated heterocycles. The van der Waals surface area contributed by atoms with Gasteiger partial charge in [0, 0.05) is 26.2 Å². The summed E-state index contributed by atoms with van der Waals surface area (Å²) in [6, 6.07) is 18.2. The van der Waals surface area contributed by atoms with Crippen LogP contribution in [0.4, 0.5) is 0 Å². The fourth-order valence-corrected chi connectivity index (χ4v) is 3.41. The summed E-state index contributed by atoms with van der Waals surface area (Å²) < 4.78 is 11.5. The minimum Gasteiger partial charge on any atom is -0.491 e. The molecular weight excluding hydrogens is 326 g/mol. The van der Waals surface area contributed by atoms with Gasteiger partial charge in [0.1, 0.15) is 18.5 Å². The maximum Gasteiger partial charge on any atom is 0.119 e. The number of ether oxygens (including phenoxy) is 2. The first-order chi connectivity index (χ1) is 12.7. The van der Waals surface area contributed by atoms with Crippen LogP contribution >= 0.6 is 0 Å². The van der Waals surface area contributed by atoms with Crippen molar-refractivity contribution < 1.29 is 14.6 Å². The third-order valence-corrected chi connectivity index (χ3v) is 4.63. The fourth-order valence-electron chi connectivity index (χ4n) is 3.41. The zero-order valence-electron chi connectivity index (χ0n) is 15.5. The first-order valence-electron chi connectivity index (χ1n) is 9.44. The molecule has 4 nitrogen and oxygen atoms in total. The third kappa shape index (κ3) is 6.13. The molecule has 0 saturated carbocycles. The maximum absolute atomic E-state index is 10.5. The van der Waals surface area contributed by atoms with Gasteiger partial charge in [-0.15, -0.1) is 0 Å². The third-order valence-electron chi connectivity index (χ3n) is 4.63. The van der Waals surface area contributed by atoms with Crippen molar-refractivity contribution in [3.63, 3.8) is 0 Å². The van der Waals surface area contributed by atoms with Gasteiger partial charge in [-0.05, 0) is 37.5 Å². The summed E-state index contributed by atoms with van der Waals surface area (Å²) in [5, 5.41) is 10.5. The van der Waals surface area contributed by atoms with Gasteiger partial charge in [-0.3, -0.25) is 4.90 Å². The Morgan fingerprint density at radius 1 is 1.19 bits per heavy atom. The van der Waals surface area contributed by atoms with Gasteiger partial charge in [0.2, 0.25) is 0 Å². The van der Waals surface area contributed by atoms with Crippen LogP contribution in [0.25, 0.3) is 0 Å². The van der Waals surface area contributed by atoms with Crippen molar-refractivity contribution in [3.8, 4) is 5.75 Å². The van der Waals surface area contributed by atoms with Crippen molar-refractivity contribution in [2.75, 3.05) is 26.3 Å². The molecule has 1 N–H and O–H groups in total. The SMILES string of the molecule is Cc1cccc(CN(C[C@H](O)COc2ccccc2)C[C@@H]2CCCO2)c1. The molecule has 0 unspecified atom stereocenters. The van der Waals surface area contributed by atoms with E-state index in [1.54, 1.807) is 0 Å². The van der Waals surface area contributed by atoms with Crippen molar-refractivity contribution >= 4 is 0 Å². The summed E-state index contributed by atoms with van der Waals surface area (Å²) in [7, 11) is 0. The van der Waals surface area contributed by atoms with E-state index in [2.05, 4.69) is 36.1 Å². The highest BCUT2D eigenvalue weighted by atomic mass is 16.5. The monoisotopic (exact) mass is 355 g/mol. The van der Waals surface area contributed by atoms with E-state index in [-0.39, 0.29) is 6.10 Å². The molecule has 0 aliphatic carbocycles. The van der Waals surface area contributed by atoms with Gasteiger partial charge in [0.05, 0.1) is 6.10 Å². The summed E-state index contributed by atoms with van der Waals surface area (Å²) in [5.41, 5.74) is 2.52. The highest BCUT2D eigenvalue weighted by molar-refractivity contribution is 5.22. The molecule has 0 aromatic heterocycles. The molecule has 1 aliphatic heterocycles. The molecule has 1 heterocycles. The van der Waals surface area contributed by atoms with E-state index in [4.69, 9.17) is 9.47 Å². The highest BCUT2D eigenvalue weighted by Gasteiger charge is 2.21. The predicted octanol–water partition coefficient (Wildman–Crippen LogP) is 3.42. The molecule has 0 bridgehead atoms. The van der Waals surface area contributed by atoms with E-state index in [1.165, 1.54) is 11.1 Å². The number of hydrogen-bond acceptors (Lipinski definition) is 4. The van der Waals surface area contributed by atoms with E-state index in [9.17, 15) is 5.11 Å². The minimum absolute atomic E-state index is 0.266. The Morgan fingerprint density at radius 3 is 2.77 bits per heavy atom. The number of aliphatic hydroxyl groups excluding tert-OH is 1. The number of aliphatic hydroxyl groups is 1. The van der Waals surface area contributed by atoms with Gasteiger partial charge in [0.15, 0.2) is 0 Å². The Morgan fingerprint density at radius 2 is 2.04 bits per heavy atom. The lowest BCUT2D eigenvalue weighted by Gasteiger charge is -2.27. The van der Waals surface area contributed by atoms with Gasteiger partial charge in [-0.2, -0.15) is 0 Å². The predicted molar refractivity (Wildman–Crippen MR) is 103 cm³/mol.